The van der Waals surface area contributed by atoms with Crippen molar-refractivity contribution in [2.24, 2.45) is 5.92 Å². The van der Waals surface area contributed by atoms with E-state index in [1.165, 1.54) is 5.57 Å². The Labute approximate surface area is 67.9 Å². The van der Waals surface area contributed by atoms with Gasteiger partial charge in [0.05, 0.1) is 13.2 Å². The highest BCUT2D eigenvalue weighted by molar-refractivity contribution is 5.09. The van der Waals surface area contributed by atoms with Crippen molar-refractivity contribution in [3.8, 4) is 0 Å². The maximum absolute atomic E-state index is 8.55. The molecule has 0 aromatic carbocycles. The highest BCUT2D eigenvalue weighted by Crippen LogP contribution is 2.19. The fourth-order valence-corrected chi connectivity index (χ4v) is 1.24. The first-order chi connectivity index (χ1) is 5.34. The van der Waals surface area contributed by atoms with E-state index in [4.69, 9.17) is 9.84 Å². The van der Waals surface area contributed by atoms with Crippen LogP contribution in [0.4, 0.5) is 0 Å². The molecule has 1 fully saturated rings. The largest absolute Gasteiger partial charge is 0.396 e. The monoisotopic (exact) mass is 156 g/mol. The van der Waals surface area contributed by atoms with Gasteiger partial charge in [-0.2, -0.15) is 0 Å². The molecule has 0 spiro atoms. The molecule has 1 atom stereocenters. The van der Waals surface area contributed by atoms with E-state index in [2.05, 4.69) is 13.0 Å². The van der Waals surface area contributed by atoms with Gasteiger partial charge in [0, 0.05) is 12.5 Å². The molecule has 0 unspecified atom stereocenters. The molecular weight excluding hydrogens is 140 g/mol. The van der Waals surface area contributed by atoms with Crippen LogP contribution in [0.5, 0.6) is 0 Å². The summed E-state index contributed by atoms with van der Waals surface area (Å²) in [5.41, 5.74) is 1.40. The molecule has 2 nitrogen and oxygen atoms in total. The maximum atomic E-state index is 8.55. The summed E-state index contributed by atoms with van der Waals surface area (Å²) in [7, 11) is 0. The molecule has 1 aliphatic rings. The van der Waals surface area contributed by atoms with Gasteiger partial charge >= 0.3 is 0 Å². The van der Waals surface area contributed by atoms with Gasteiger partial charge in [0.25, 0.3) is 0 Å². The van der Waals surface area contributed by atoms with Crippen molar-refractivity contribution < 1.29 is 9.84 Å². The number of allylic oxidation sites excluding steroid dienone is 1. The predicted octanol–water partition coefficient (Wildman–Crippen LogP) is 1.35. The zero-order valence-electron chi connectivity index (χ0n) is 7.05. The summed E-state index contributed by atoms with van der Waals surface area (Å²) in [6.45, 7) is 4.13. The van der Waals surface area contributed by atoms with E-state index in [-0.39, 0.29) is 0 Å². The Hall–Kier alpha value is -0.340. The summed E-state index contributed by atoms with van der Waals surface area (Å²) >= 11 is 0. The molecule has 0 aliphatic carbocycles. The van der Waals surface area contributed by atoms with Crippen molar-refractivity contribution in [1.29, 1.82) is 0 Å². The Kier molecular flexibility index (Phi) is 3.60. The number of unbranched alkanes of at least 4 members (excludes halogenated alkanes) is 1. The molecule has 2 heteroatoms. The number of aliphatic hydroxyl groups excluding tert-OH is 1. The molecule has 1 aliphatic heterocycles. The molecular formula is C9H16O2. The van der Waals surface area contributed by atoms with E-state index < -0.39 is 0 Å². The number of rotatable bonds is 3. The second-order valence-electron chi connectivity index (χ2n) is 3.06. The summed E-state index contributed by atoms with van der Waals surface area (Å²) in [5.74, 6) is 0.591. The van der Waals surface area contributed by atoms with Crippen LogP contribution >= 0.6 is 0 Å². The van der Waals surface area contributed by atoms with Gasteiger partial charge in [0.15, 0.2) is 0 Å². The summed E-state index contributed by atoms with van der Waals surface area (Å²) in [6.07, 6.45) is 4.06. The average molecular weight is 156 g/mol. The number of hydrogen-bond acceptors (Lipinski definition) is 2. The molecule has 1 rings (SSSR count). The molecule has 11 heavy (non-hydrogen) atoms. The minimum Gasteiger partial charge on any atom is -0.396 e. The smallest absolute Gasteiger partial charge is 0.0680 e. The number of ether oxygens (including phenoxy) is 1. The van der Waals surface area contributed by atoms with Gasteiger partial charge in [0.2, 0.25) is 0 Å². The summed E-state index contributed by atoms with van der Waals surface area (Å²) in [4.78, 5) is 0. The highest BCUT2D eigenvalue weighted by Gasteiger charge is 2.15. The Morgan fingerprint density at radius 3 is 3.09 bits per heavy atom. The summed E-state index contributed by atoms with van der Waals surface area (Å²) in [5, 5.41) is 8.55. The minimum absolute atomic E-state index is 0.291. The summed E-state index contributed by atoms with van der Waals surface area (Å²) < 4.78 is 5.27. The van der Waals surface area contributed by atoms with Crippen LogP contribution in [-0.4, -0.2) is 24.9 Å². The lowest BCUT2D eigenvalue weighted by molar-refractivity contribution is 0.191. The van der Waals surface area contributed by atoms with Crippen molar-refractivity contribution in [3.63, 3.8) is 0 Å². The number of hydrogen-bond donors (Lipinski definition) is 1. The van der Waals surface area contributed by atoms with Crippen molar-refractivity contribution in [1.82, 2.24) is 0 Å². The molecule has 0 aromatic heterocycles. The second-order valence-corrected chi connectivity index (χ2v) is 3.06. The lowest BCUT2D eigenvalue weighted by Crippen LogP contribution is -1.94. The zero-order chi connectivity index (χ0) is 8.10. The van der Waals surface area contributed by atoms with Crippen LogP contribution in [0, 0.1) is 5.92 Å². The third kappa shape index (κ3) is 2.64. The Morgan fingerprint density at radius 1 is 1.73 bits per heavy atom. The van der Waals surface area contributed by atoms with Gasteiger partial charge in [-0.3, -0.25) is 0 Å². The maximum Gasteiger partial charge on any atom is 0.0680 e. The third-order valence-corrected chi connectivity index (χ3v) is 2.04. The van der Waals surface area contributed by atoms with Crippen LogP contribution in [-0.2, 0) is 4.74 Å². The van der Waals surface area contributed by atoms with E-state index in [1.54, 1.807) is 0 Å². The second kappa shape index (κ2) is 4.52. The topological polar surface area (TPSA) is 29.5 Å². The quantitative estimate of drug-likeness (QED) is 0.493. The summed E-state index contributed by atoms with van der Waals surface area (Å²) in [6, 6.07) is 0. The Morgan fingerprint density at radius 2 is 2.55 bits per heavy atom. The fourth-order valence-electron chi connectivity index (χ4n) is 1.24. The predicted molar refractivity (Wildman–Crippen MR) is 44.4 cm³/mol. The van der Waals surface area contributed by atoms with E-state index >= 15 is 0 Å². The molecule has 0 aromatic rings. The van der Waals surface area contributed by atoms with Crippen LogP contribution in [0.25, 0.3) is 0 Å². The molecule has 1 saturated heterocycles. The SMILES string of the molecule is C[C@@H]1COC/C1=C\CCCO. The molecule has 0 saturated carbocycles. The molecule has 0 bridgehead atoms. The van der Waals surface area contributed by atoms with E-state index in [9.17, 15) is 0 Å². The van der Waals surface area contributed by atoms with Crippen molar-refractivity contribution in [2.75, 3.05) is 19.8 Å². The minimum atomic E-state index is 0.291. The van der Waals surface area contributed by atoms with E-state index in [0.717, 1.165) is 26.1 Å². The van der Waals surface area contributed by atoms with E-state index in [1.807, 2.05) is 0 Å². The van der Waals surface area contributed by atoms with Gasteiger partial charge in [0.1, 0.15) is 0 Å². The third-order valence-electron chi connectivity index (χ3n) is 2.04. The van der Waals surface area contributed by atoms with Crippen LogP contribution in [0.15, 0.2) is 11.6 Å². The van der Waals surface area contributed by atoms with Gasteiger partial charge in [-0.25, -0.2) is 0 Å². The van der Waals surface area contributed by atoms with Crippen LogP contribution in [0.1, 0.15) is 19.8 Å². The Balaban J connectivity index is 2.27. The van der Waals surface area contributed by atoms with Crippen LogP contribution in [0.2, 0.25) is 0 Å². The fraction of sp³-hybridized carbons (Fsp3) is 0.778. The highest BCUT2D eigenvalue weighted by atomic mass is 16.5. The Bertz CT molecular complexity index is 140. The van der Waals surface area contributed by atoms with Crippen molar-refractivity contribution in [2.45, 2.75) is 19.8 Å². The lowest BCUT2D eigenvalue weighted by atomic mass is 10.0. The molecule has 0 radical (unpaired) electrons. The molecule has 1 heterocycles. The lowest BCUT2D eigenvalue weighted by Gasteiger charge is -2.00. The van der Waals surface area contributed by atoms with Gasteiger partial charge in [-0.1, -0.05) is 13.0 Å². The molecule has 64 valence electrons. The first-order valence-electron chi connectivity index (χ1n) is 4.22. The van der Waals surface area contributed by atoms with Gasteiger partial charge in [-0.05, 0) is 18.4 Å². The molecule has 0 amide bonds. The molecule has 1 N–H and O–H groups in total. The number of aliphatic hydroxyl groups is 1. The normalized spacial score (nSPS) is 28.2. The average Bonchev–Trinajstić information content (AvgIpc) is 2.37. The first kappa shape index (κ1) is 8.75. The van der Waals surface area contributed by atoms with Crippen LogP contribution in [0.3, 0.4) is 0 Å². The van der Waals surface area contributed by atoms with E-state index in [0.29, 0.717) is 12.5 Å². The first-order valence-corrected chi connectivity index (χ1v) is 4.22. The zero-order valence-corrected chi connectivity index (χ0v) is 7.05. The van der Waals surface area contributed by atoms with Gasteiger partial charge < -0.3 is 9.84 Å². The standard InChI is InChI=1S/C9H16O2/c1-8-6-11-7-9(8)4-2-3-5-10/h4,8,10H,2-3,5-7H2,1H3/b9-4+/t8-/m1/s1. The van der Waals surface area contributed by atoms with Gasteiger partial charge in [-0.15, -0.1) is 0 Å². The van der Waals surface area contributed by atoms with Crippen LogP contribution < -0.4 is 0 Å². The van der Waals surface area contributed by atoms with Crippen molar-refractivity contribution in [3.05, 3.63) is 11.6 Å². The van der Waals surface area contributed by atoms with Crippen molar-refractivity contribution >= 4 is 0 Å².